The Morgan fingerprint density at radius 1 is 1.13 bits per heavy atom. The molecule has 1 amide bonds. The number of halogens is 1. The van der Waals surface area contributed by atoms with Crippen molar-refractivity contribution in [2.45, 2.75) is 25.2 Å². The van der Waals surface area contributed by atoms with Gasteiger partial charge in [0, 0.05) is 24.1 Å². The minimum absolute atomic E-state index is 0.0348. The molecule has 9 heteroatoms. The molecule has 0 atom stereocenters. The molecule has 7 nitrogen and oxygen atoms in total. The summed E-state index contributed by atoms with van der Waals surface area (Å²) >= 11 is 3.37. The van der Waals surface area contributed by atoms with Crippen LogP contribution in [0.1, 0.15) is 29.8 Å². The van der Waals surface area contributed by atoms with E-state index >= 15 is 0 Å². The first-order valence-corrected chi connectivity index (χ1v) is 12.4. The lowest BCUT2D eigenvalue weighted by atomic mass is 10.1. The van der Waals surface area contributed by atoms with Crippen LogP contribution in [0, 0.1) is 11.3 Å². The summed E-state index contributed by atoms with van der Waals surface area (Å²) < 4.78 is 27.9. The third kappa shape index (κ3) is 5.46. The van der Waals surface area contributed by atoms with E-state index in [9.17, 15) is 13.2 Å². The molecule has 0 aliphatic carbocycles. The first-order chi connectivity index (χ1) is 14.7. The molecule has 0 bridgehead atoms. The van der Waals surface area contributed by atoms with E-state index in [0.717, 1.165) is 10.0 Å². The molecule has 31 heavy (non-hydrogen) atoms. The van der Waals surface area contributed by atoms with Gasteiger partial charge in [-0.1, -0.05) is 38.1 Å². The number of carbonyl (C=O) groups excluding carboxylic acids is 1. The van der Waals surface area contributed by atoms with E-state index in [-0.39, 0.29) is 23.3 Å². The van der Waals surface area contributed by atoms with Crippen LogP contribution in [0.25, 0.3) is 0 Å². The number of hydrogen-bond acceptors (Lipinski definition) is 4. The van der Waals surface area contributed by atoms with Gasteiger partial charge in [-0.15, -0.1) is 0 Å². The maximum atomic E-state index is 13.0. The molecular weight excluding hydrogens is 480 g/mol. The van der Waals surface area contributed by atoms with Gasteiger partial charge in [0.15, 0.2) is 0 Å². The summed E-state index contributed by atoms with van der Waals surface area (Å²) in [6.45, 7) is 6.01. The van der Waals surface area contributed by atoms with Crippen LogP contribution in [0.4, 0.5) is 0 Å². The lowest BCUT2D eigenvalue weighted by molar-refractivity contribution is 0.0953. The molecule has 0 aromatic heterocycles. The standard InChI is InChI=1S/C22H27BrN4O3S/c1-16(2)15-26-13-14-27(22(26)24)31(29,30)18-9-7-17(8-10-18)11-12-25-21(28)19-5-3-4-6-20(19)23/h3-10,16,24H,11-15H2,1-2H3,(H,25,28). The van der Waals surface area contributed by atoms with E-state index in [1.807, 2.05) is 26.0 Å². The van der Waals surface area contributed by atoms with Crippen LogP contribution in [0.5, 0.6) is 0 Å². The molecule has 1 aliphatic rings. The molecule has 1 aliphatic heterocycles. The van der Waals surface area contributed by atoms with Crippen molar-refractivity contribution >= 4 is 37.8 Å². The van der Waals surface area contributed by atoms with Gasteiger partial charge >= 0.3 is 0 Å². The van der Waals surface area contributed by atoms with Crippen molar-refractivity contribution in [3.8, 4) is 0 Å². The number of benzene rings is 2. The largest absolute Gasteiger partial charge is 0.352 e. The molecule has 1 saturated heterocycles. The fourth-order valence-electron chi connectivity index (χ4n) is 3.45. The normalized spacial score (nSPS) is 14.4. The monoisotopic (exact) mass is 506 g/mol. The first-order valence-electron chi connectivity index (χ1n) is 10.2. The Labute approximate surface area is 192 Å². The third-order valence-corrected chi connectivity index (χ3v) is 7.52. The molecule has 2 aromatic carbocycles. The quantitative estimate of drug-likeness (QED) is 0.574. The van der Waals surface area contributed by atoms with Crippen molar-refractivity contribution in [2.24, 2.45) is 5.92 Å². The highest BCUT2D eigenvalue weighted by Crippen LogP contribution is 2.22. The highest BCUT2D eigenvalue weighted by atomic mass is 79.9. The van der Waals surface area contributed by atoms with Crippen molar-refractivity contribution in [3.63, 3.8) is 0 Å². The van der Waals surface area contributed by atoms with Gasteiger partial charge in [0.2, 0.25) is 5.96 Å². The zero-order chi connectivity index (χ0) is 22.6. The van der Waals surface area contributed by atoms with Gasteiger partial charge in [0.25, 0.3) is 15.9 Å². The minimum Gasteiger partial charge on any atom is -0.352 e. The summed E-state index contributed by atoms with van der Waals surface area (Å²) in [7, 11) is -3.76. The predicted molar refractivity (Wildman–Crippen MR) is 125 cm³/mol. The van der Waals surface area contributed by atoms with Crippen LogP contribution in [-0.4, -0.2) is 55.7 Å². The van der Waals surface area contributed by atoms with Crippen LogP contribution in [-0.2, 0) is 16.4 Å². The summed E-state index contributed by atoms with van der Waals surface area (Å²) in [5.41, 5.74) is 1.49. The van der Waals surface area contributed by atoms with Gasteiger partial charge < -0.3 is 10.2 Å². The Morgan fingerprint density at radius 3 is 2.45 bits per heavy atom. The van der Waals surface area contributed by atoms with E-state index in [2.05, 4.69) is 21.2 Å². The molecule has 1 fully saturated rings. The highest BCUT2D eigenvalue weighted by molar-refractivity contribution is 9.10. The topological polar surface area (TPSA) is 93.6 Å². The zero-order valence-electron chi connectivity index (χ0n) is 17.6. The fourth-order valence-corrected chi connectivity index (χ4v) is 5.31. The Hall–Kier alpha value is -2.39. The van der Waals surface area contributed by atoms with Crippen LogP contribution >= 0.6 is 15.9 Å². The van der Waals surface area contributed by atoms with E-state index < -0.39 is 10.0 Å². The Morgan fingerprint density at radius 2 is 1.81 bits per heavy atom. The molecule has 3 rings (SSSR count). The second kappa shape index (κ2) is 9.82. The number of guanidine groups is 1. The van der Waals surface area contributed by atoms with Crippen molar-refractivity contribution in [2.75, 3.05) is 26.2 Å². The third-order valence-electron chi connectivity index (χ3n) is 5.02. The van der Waals surface area contributed by atoms with Crippen LogP contribution in [0.15, 0.2) is 57.9 Å². The SMILES string of the molecule is CC(C)CN1CCN(S(=O)(=O)c2ccc(CCNC(=O)c3ccccc3Br)cc2)C1=N. The summed E-state index contributed by atoms with van der Waals surface area (Å²) in [5, 5.41) is 11.1. The molecule has 1 heterocycles. The van der Waals surface area contributed by atoms with E-state index in [0.29, 0.717) is 37.5 Å². The molecule has 0 radical (unpaired) electrons. The Bertz CT molecular complexity index is 1050. The Balaban J connectivity index is 1.59. The fraction of sp³-hybridized carbons (Fsp3) is 0.364. The second-order valence-electron chi connectivity index (χ2n) is 7.87. The van der Waals surface area contributed by atoms with Crippen molar-refractivity contribution in [1.29, 1.82) is 5.41 Å². The number of nitrogens with zero attached hydrogens (tertiary/aromatic N) is 2. The number of rotatable bonds is 8. The van der Waals surface area contributed by atoms with E-state index in [4.69, 9.17) is 5.41 Å². The number of nitrogens with one attached hydrogen (secondary N) is 2. The molecule has 0 unspecified atom stereocenters. The number of amides is 1. The molecular formula is C22H27BrN4O3S. The van der Waals surface area contributed by atoms with E-state index in [1.54, 1.807) is 41.3 Å². The van der Waals surface area contributed by atoms with Crippen molar-refractivity contribution < 1.29 is 13.2 Å². The zero-order valence-corrected chi connectivity index (χ0v) is 20.0. The number of carbonyl (C=O) groups is 1. The van der Waals surface area contributed by atoms with Crippen molar-refractivity contribution in [1.82, 2.24) is 14.5 Å². The summed E-state index contributed by atoms with van der Waals surface area (Å²) in [6, 6.07) is 13.9. The summed E-state index contributed by atoms with van der Waals surface area (Å²) in [6.07, 6.45) is 0.582. The van der Waals surface area contributed by atoms with Crippen LogP contribution < -0.4 is 5.32 Å². The van der Waals surface area contributed by atoms with Gasteiger partial charge in [-0.2, -0.15) is 0 Å². The minimum atomic E-state index is -3.76. The number of sulfonamides is 1. The smallest absolute Gasteiger partial charge is 0.266 e. The summed E-state index contributed by atoms with van der Waals surface area (Å²) in [5.74, 6) is 0.225. The lowest BCUT2D eigenvalue weighted by Crippen LogP contribution is -2.38. The second-order valence-corrected chi connectivity index (χ2v) is 10.6. The van der Waals surface area contributed by atoms with Crippen LogP contribution in [0.3, 0.4) is 0 Å². The number of hydrogen-bond donors (Lipinski definition) is 2. The lowest BCUT2D eigenvalue weighted by Gasteiger charge is -2.23. The average Bonchev–Trinajstić information content (AvgIpc) is 3.09. The maximum Gasteiger partial charge on any atom is 0.266 e. The maximum absolute atomic E-state index is 13.0. The molecule has 0 saturated carbocycles. The first kappa shape index (κ1) is 23.3. The predicted octanol–water partition coefficient (Wildman–Crippen LogP) is 3.32. The van der Waals surface area contributed by atoms with Gasteiger partial charge in [-0.25, -0.2) is 12.7 Å². The van der Waals surface area contributed by atoms with Gasteiger partial charge in [0.05, 0.1) is 17.0 Å². The van der Waals surface area contributed by atoms with Gasteiger partial charge in [-0.05, 0) is 58.1 Å². The molecule has 2 N–H and O–H groups in total. The van der Waals surface area contributed by atoms with Gasteiger partial charge in [0.1, 0.15) is 0 Å². The molecule has 2 aromatic rings. The van der Waals surface area contributed by atoms with E-state index in [1.165, 1.54) is 4.31 Å². The molecule has 166 valence electrons. The van der Waals surface area contributed by atoms with Crippen LogP contribution in [0.2, 0.25) is 0 Å². The summed E-state index contributed by atoms with van der Waals surface area (Å²) in [4.78, 5) is 14.2. The highest BCUT2D eigenvalue weighted by Gasteiger charge is 2.35. The van der Waals surface area contributed by atoms with Gasteiger partial charge in [-0.3, -0.25) is 10.2 Å². The molecule has 0 spiro atoms. The van der Waals surface area contributed by atoms with Crippen molar-refractivity contribution in [3.05, 3.63) is 64.1 Å². The average molecular weight is 507 g/mol. The Kier molecular flexibility index (Phi) is 7.38.